The Balaban J connectivity index is 3.64. The van der Waals surface area contributed by atoms with Crippen molar-refractivity contribution in [3.05, 3.63) is 0 Å². The van der Waals surface area contributed by atoms with Crippen LogP contribution in [0.25, 0.3) is 0 Å². The summed E-state index contributed by atoms with van der Waals surface area (Å²) in [6.07, 6.45) is 0.917. The Kier molecular flexibility index (Phi) is 3.86. The summed E-state index contributed by atoms with van der Waals surface area (Å²) in [6.45, 7) is 6.11. The third-order valence-corrected chi connectivity index (χ3v) is 1.63. The summed E-state index contributed by atoms with van der Waals surface area (Å²) in [6, 6.07) is 0.301. The fraction of sp³-hybridized carbons (Fsp3) is 1.00. The van der Waals surface area contributed by atoms with Gasteiger partial charge in [0.15, 0.2) is 0 Å². The summed E-state index contributed by atoms with van der Waals surface area (Å²) >= 11 is 0. The molecule has 0 aromatic rings. The molecular formula is C7H18N2O. The molecule has 0 aliphatic rings. The van der Waals surface area contributed by atoms with E-state index in [-0.39, 0.29) is 5.60 Å². The number of nitrogens with two attached hydrogens (primary N) is 1. The van der Waals surface area contributed by atoms with E-state index in [9.17, 15) is 0 Å². The Morgan fingerprint density at radius 1 is 1.60 bits per heavy atom. The maximum atomic E-state index is 5.23. The van der Waals surface area contributed by atoms with Gasteiger partial charge in [0.05, 0.1) is 5.60 Å². The normalized spacial score (nSPS) is 15.3. The van der Waals surface area contributed by atoms with Crippen LogP contribution in [0.4, 0.5) is 0 Å². The van der Waals surface area contributed by atoms with Crippen LogP contribution in [-0.2, 0) is 4.74 Å². The van der Waals surface area contributed by atoms with E-state index in [0.717, 1.165) is 6.42 Å². The lowest BCUT2D eigenvalue weighted by Gasteiger charge is -2.25. The lowest BCUT2D eigenvalue weighted by Crippen LogP contribution is -2.39. The van der Waals surface area contributed by atoms with Crippen LogP contribution in [0, 0.1) is 0 Å². The molecule has 0 spiro atoms. The van der Waals surface area contributed by atoms with Crippen molar-refractivity contribution in [2.45, 2.75) is 38.8 Å². The van der Waals surface area contributed by atoms with E-state index in [0.29, 0.717) is 6.04 Å². The van der Waals surface area contributed by atoms with Crippen molar-refractivity contribution in [2.24, 2.45) is 5.84 Å². The molecule has 0 fully saturated rings. The highest BCUT2D eigenvalue weighted by molar-refractivity contribution is 4.73. The van der Waals surface area contributed by atoms with Gasteiger partial charge in [-0.25, -0.2) is 0 Å². The van der Waals surface area contributed by atoms with Gasteiger partial charge in [0, 0.05) is 13.2 Å². The maximum Gasteiger partial charge on any atom is 0.0638 e. The van der Waals surface area contributed by atoms with Crippen LogP contribution in [0.3, 0.4) is 0 Å². The number of hydrazine groups is 1. The number of methoxy groups -OCH3 is 1. The predicted octanol–water partition coefficient (Wildman–Crippen LogP) is 0.653. The second-order valence-corrected chi connectivity index (χ2v) is 3.24. The van der Waals surface area contributed by atoms with Crippen molar-refractivity contribution in [3.63, 3.8) is 0 Å². The summed E-state index contributed by atoms with van der Waals surface area (Å²) in [5, 5.41) is 0. The average molecular weight is 146 g/mol. The molecule has 0 aromatic carbocycles. The molecule has 3 heteroatoms. The van der Waals surface area contributed by atoms with Crippen LogP contribution in [-0.4, -0.2) is 18.8 Å². The molecule has 1 unspecified atom stereocenters. The van der Waals surface area contributed by atoms with Gasteiger partial charge in [-0.1, -0.05) is 0 Å². The highest BCUT2D eigenvalue weighted by Gasteiger charge is 2.18. The van der Waals surface area contributed by atoms with Gasteiger partial charge in [-0.3, -0.25) is 11.3 Å². The summed E-state index contributed by atoms with van der Waals surface area (Å²) < 4.78 is 5.21. The number of hydrogen-bond donors (Lipinski definition) is 2. The fourth-order valence-corrected chi connectivity index (χ4v) is 0.880. The summed E-state index contributed by atoms with van der Waals surface area (Å²) in [7, 11) is 1.71. The molecule has 0 saturated heterocycles. The SMILES string of the molecule is COC(C)(C)CC(C)NN. The third kappa shape index (κ3) is 3.82. The molecule has 10 heavy (non-hydrogen) atoms. The van der Waals surface area contributed by atoms with Gasteiger partial charge in [-0.05, 0) is 27.2 Å². The summed E-state index contributed by atoms with van der Waals surface area (Å²) in [4.78, 5) is 0. The minimum absolute atomic E-state index is 0.0776. The standard InChI is InChI=1S/C7H18N2O/c1-6(9-8)5-7(2,3)10-4/h6,9H,5,8H2,1-4H3. The van der Waals surface area contributed by atoms with Crippen LogP contribution >= 0.6 is 0 Å². The number of rotatable bonds is 4. The molecule has 0 saturated carbocycles. The van der Waals surface area contributed by atoms with E-state index in [1.54, 1.807) is 7.11 Å². The van der Waals surface area contributed by atoms with Gasteiger partial charge in [0.2, 0.25) is 0 Å². The lowest BCUT2D eigenvalue weighted by molar-refractivity contribution is 0.00859. The van der Waals surface area contributed by atoms with Crippen molar-refractivity contribution < 1.29 is 4.74 Å². The second-order valence-electron chi connectivity index (χ2n) is 3.24. The van der Waals surface area contributed by atoms with Gasteiger partial charge in [0.1, 0.15) is 0 Å². The molecule has 0 heterocycles. The van der Waals surface area contributed by atoms with Crippen molar-refractivity contribution in [1.82, 2.24) is 5.43 Å². The number of ether oxygens (including phenoxy) is 1. The Hall–Kier alpha value is -0.120. The van der Waals surface area contributed by atoms with Gasteiger partial charge in [0.25, 0.3) is 0 Å². The largest absolute Gasteiger partial charge is 0.379 e. The third-order valence-electron chi connectivity index (χ3n) is 1.63. The van der Waals surface area contributed by atoms with Crippen molar-refractivity contribution in [3.8, 4) is 0 Å². The Morgan fingerprint density at radius 2 is 2.10 bits per heavy atom. The summed E-state index contributed by atoms with van der Waals surface area (Å²) in [5.41, 5.74) is 2.60. The number of hydrogen-bond acceptors (Lipinski definition) is 3. The van der Waals surface area contributed by atoms with Crippen LogP contribution < -0.4 is 11.3 Å². The van der Waals surface area contributed by atoms with Crippen molar-refractivity contribution in [2.75, 3.05) is 7.11 Å². The van der Waals surface area contributed by atoms with E-state index in [4.69, 9.17) is 10.6 Å². The van der Waals surface area contributed by atoms with E-state index < -0.39 is 0 Å². The number of nitrogens with one attached hydrogen (secondary N) is 1. The smallest absolute Gasteiger partial charge is 0.0638 e. The zero-order valence-electron chi connectivity index (χ0n) is 7.27. The van der Waals surface area contributed by atoms with E-state index >= 15 is 0 Å². The van der Waals surface area contributed by atoms with Crippen LogP contribution in [0.1, 0.15) is 27.2 Å². The highest BCUT2D eigenvalue weighted by atomic mass is 16.5. The quantitative estimate of drug-likeness (QED) is 0.452. The first-order valence-electron chi connectivity index (χ1n) is 3.53. The molecule has 0 amide bonds. The molecule has 1 atom stereocenters. The first-order valence-corrected chi connectivity index (χ1v) is 3.53. The first kappa shape index (κ1) is 9.88. The van der Waals surface area contributed by atoms with Crippen molar-refractivity contribution in [1.29, 1.82) is 0 Å². The second kappa shape index (κ2) is 3.91. The molecule has 0 radical (unpaired) electrons. The molecule has 0 bridgehead atoms. The van der Waals surface area contributed by atoms with Crippen LogP contribution in [0.15, 0.2) is 0 Å². The van der Waals surface area contributed by atoms with Gasteiger partial charge in [-0.15, -0.1) is 0 Å². The zero-order valence-corrected chi connectivity index (χ0v) is 7.27. The molecule has 0 aromatic heterocycles. The lowest BCUT2D eigenvalue weighted by atomic mass is 10.0. The van der Waals surface area contributed by atoms with E-state index in [2.05, 4.69) is 5.43 Å². The molecule has 3 nitrogen and oxygen atoms in total. The molecule has 0 aliphatic heterocycles. The Labute approximate surface area is 62.9 Å². The molecule has 62 valence electrons. The highest BCUT2D eigenvalue weighted by Crippen LogP contribution is 2.14. The topological polar surface area (TPSA) is 47.3 Å². The Bertz CT molecular complexity index is 93.6. The monoisotopic (exact) mass is 146 g/mol. The van der Waals surface area contributed by atoms with E-state index in [1.165, 1.54) is 0 Å². The Morgan fingerprint density at radius 3 is 2.40 bits per heavy atom. The average Bonchev–Trinajstić information content (AvgIpc) is 1.87. The van der Waals surface area contributed by atoms with Gasteiger partial charge < -0.3 is 4.74 Å². The van der Waals surface area contributed by atoms with Crippen molar-refractivity contribution >= 4 is 0 Å². The predicted molar refractivity (Wildman–Crippen MR) is 42.5 cm³/mol. The molecule has 3 N–H and O–H groups in total. The van der Waals surface area contributed by atoms with E-state index in [1.807, 2.05) is 20.8 Å². The minimum Gasteiger partial charge on any atom is -0.379 e. The molecular weight excluding hydrogens is 128 g/mol. The summed E-state index contributed by atoms with van der Waals surface area (Å²) in [5.74, 6) is 5.23. The molecule has 0 aliphatic carbocycles. The minimum atomic E-state index is -0.0776. The first-order chi connectivity index (χ1) is 4.52. The van der Waals surface area contributed by atoms with Gasteiger partial charge >= 0.3 is 0 Å². The molecule has 0 rings (SSSR count). The fourth-order valence-electron chi connectivity index (χ4n) is 0.880. The zero-order chi connectivity index (χ0) is 8.20. The maximum absolute atomic E-state index is 5.23. The van der Waals surface area contributed by atoms with Crippen LogP contribution in [0.2, 0.25) is 0 Å². The van der Waals surface area contributed by atoms with Gasteiger partial charge in [-0.2, -0.15) is 0 Å². The van der Waals surface area contributed by atoms with Crippen LogP contribution in [0.5, 0.6) is 0 Å².